The molecule has 0 radical (unpaired) electrons. The van der Waals surface area contributed by atoms with Crippen molar-refractivity contribution in [3.05, 3.63) is 63.6 Å². The zero-order valence-electron chi connectivity index (χ0n) is 14.9. The van der Waals surface area contributed by atoms with Crippen LogP contribution in [0.2, 0.25) is 0 Å². The van der Waals surface area contributed by atoms with Gasteiger partial charge in [-0.1, -0.05) is 17.7 Å². The Bertz CT molecular complexity index is 982. The molecule has 0 bridgehead atoms. The fourth-order valence-electron chi connectivity index (χ4n) is 2.67. The normalized spacial score (nSPS) is 12.1. The number of hydrogen-bond donors (Lipinski definition) is 1. The molecule has 138 valence electrons. The van der Waals surface area contributed by atoms with Crippen LogP contribution in [0.1, 0.15) is 25.9 Å². The van der Waals surface area contributed by atoms with Crippen molar-refractivity contribution in [2.24, 2.45) is 0 Å². The molecule has 1 aliphatic rings. The predicted molar refractivity (Wildman–Crippen MR) is 103 cm³/mol. The highest BCUT2D eigenvalue weighted by Gasteiger charge is 2.18. The van der Waals surface area contributed by atoms with Crippen molar-refractivity contribution in [2.75, 3.05) is 12.1 Å². The number of nitrogens with one attached hydrogen (secondary N) is 1. The van der Waals surface area contributed by atoms with Gasteiger partial charge in [0, 0.05) is 11.8 Å². The molecular formula is C20H18N2O4S. The highest BCUT2D eigenvalue weighted by atomic mass is 32.1. The molecule has 27 heavy (non-hydrogen) atoms. The molecule has 6 nitrogen and oxygen atoms in total. The van der Waals surface area contributed by atoms with E-state index in [1.165, 1.54) is 16.9 Å². The van der Waals surface area contributed by atoms with Gasteiger partial charge in [-0.25, -0.2) is 4.98 Å². The number of nitrogens with zero attached hydrogens (tertiary/aromatic N) is 1. The number of amides is 1. The maximum atomic E-state index is 12.6. The highest BCUT2D eigenvalue weighted by Crippen LogP contribution is 2.34. The number of rotatable bonds is 5. The molecule has 4 rings (SSSR count). The topological polar surface area (TPSA) is 69.7 Å². The number of aromatic nitrogens is 1. The number of anilines is 1. The Balaban J connectivity index is 1.42. The van der Waals surface area contributed by atoms with Gasteiger partial charge in [0.25, 0.3) is 5.91 Å². The predicted octanol–water partition coefficient (Wildman–Crippen LogP) is 4.32. The van der Waals surface area contributed by atoms with Crippen molar-refractivity contribution < 1.29 is 19.0 Å². The van der Waals surface area contributed by atoms with Gasteiger partial charge >= 0.3 is 0 Å². The summed E-state index contributed by atoms with van der Waals surface area (Å²) in [6.45, 7) is 4.37. The first-order valence-corrected chi connectivity index (χ1v) is 9.27. The zero-order valence-corrected chi connectivity index (χ0v) is 15.8. The fraction of sp³-hybridized carbons (Fsp3) is 0.200. The van der Waals surface area contributed by atoms with Crippen LogP contribution in [0.5, 0.6) is 17.2 Å². The highest BCUT2D eigenvalue weighted by molar-refractivity contribution is 7.13. The molecular weight excluding hydrogens is 364 g/mol. The monoisotopic (exact) mass is 382 g/mol. The summed E-state index contributed by atoms with van der Waals surface area (Å²) in [5, 5.41) is 3.63. The largest absolute Gasteiger partial charge is 0.486 e. The minimum atomic E-state index is -0.203. The Labute approximate surface area is 160 Å². The Morgan fingerprint density at radius 3 is 2.74 bits per heavy atom. The fourth-order valence-corrected chi connectivity index (χ4v) is 3.54. The Kier molecular flexibility index (Phi) is 4.68. The zero-order chi connectivity index (χ0) is 18.8. The molecule has 7 heteroatoms. The summed E-state index contributed by atoms with van der Waals surface area (Å²) in [4.78, 5) is 17.6. The lowest BCUT2D eigenvalue weighted by Gasteiger charge is -2.05. The molecule has 0 fully saturated rings. The van der Waals surface area contributed by atoms with E-state index in [2.05, 4.69) is 10.3 Å². The quantitative estimate of drug-likeness (QED) is 0.712. The lowest BCUT2D eigenvalue weighted by atomic mass is 10.2. The van der Waals surface area contributed by atoms with Gasteiger partial charge in [-0.2, -0.15) is 0 Å². The smallest absolute Gasteiger partial charge is 0.267 e. The number of aryl methyl sites for hydroxylation is 2. The third-order valence-electron chi connectivity index (χ3n) is 4.06. The number of carbonyl (C=O) groups is 1. The summed E-state index contributed by atoms with van der Waals surface area (Å²) < 4.78 is 16.4. The van der Waals surface area contributed by atoms with Gasteiger partial charge in [-0.05, 0) is 38.1 Å². The number of carbonyl (C=O) groups excluding carboxylic acids is 1. The van der Waals surface area contributed by atoms with E-state index in [1.54, 1.807) is 18.2 Å². The van der Waals surface area contributed by atoms with Crippen molar-refractivity contribution >= 4 is 22.9 Å². The van der Waals surface area contributed by atoms with E-state index in [0.29, 0.717) is 34.4 Å². The first-order valence-electron chi connectivity index (χ1n) is 8.45. The van der Waals surface area contributed by atoms with E-state index in [4.69, 9.17) is 14.2 Å². The molecule has 1 amide bonds. The minimum absolute atomic E-state index is 0.199. The molecule has 0 spiro atoms. The third kappa shape index (κ3) is 3.88. The summed E-state index contributed by atoms with van der Waals surface area (Å²) in [5.74, 6) is 1.88. The number of benzene rings is 2. The molecule has 0 aliphatic carbocycles. The second-order valence-electron chi connectivity index (χ2n) is 6.15. The van der Waals surface area contributed by atoms with Crippen LogP contribution in [-0.2, 0) is 6.61 Å². The number of thiazole rings is 1. The summed E-state index contributed by atoms with van der Waals surface area (Å²) in [6.07, 6.45) is 0. The van der Waals surface area contributed by atoms with Gasteiger partial charge < -0.3 is 19.5 Å². The van der Waals surface area contributed by atoms with Crippen molar-refractivity contribution in [1.82, 2.24) is 4.98 Å². The molecule has 3 aromatic rings. The van der Waals surface area contributed by atoms with Crippen LogP contribution in [0.25, 0.3) is 0 Å². The lowest BCUT2D eigenvalue weighted by Crippen LogP contribution is -2.11. The van der Waals surface area contributed by atoms with Crippen LogP contribution in [0.3, 0.4) is 0 Å². The number of ether oxygens (including phenoxy) is 3. The van der Waals surface area contributed by atoms with Gasteiger partial charge in [0.2, 0.25) is 6.79 Å². The van der Waals surface area contributed by atoms with E-state index in [1.807, 2.05) is 38.1 Å². The van der Waals surface area contributed by atoms with Gasteiger partial charge in [0.15, 0.2) is 11.5 Å². The van der Waals surface area contributed by atoms with Gasteiger partial charge in [0.1, 0.15) is 22.2 Å². The van der Waals surface area contributed by atoms with Crippen LogP contribution in [0, 0.1) is 13.8 Å². The van der Waals surface area contributed by atoms with E-state index in [9.17, 15) is 4.79 Å². The van der Waals surface area contributed by atoms with E-state index in [0.717, 1.165) is 10.8 Å². The second-order valence-corrected chi connectivity index (χ2v) is 7.23. The van der Waals surface area contributed by atoms with Gasteiger partial charge in [0.05, 0.1) is 5.69 Å². The maximum Gasteiger partial charge on any atom is 0.267 e. The SMILES string of the molecule is Cc1ccc(OCc2nc(C)c(C(=O)Nc3ccc4c(c3)OCO4)s2)cc1. The van der Waals surface area contributed by atoms with Gasteiger partial charge in [-0.3, -0.25) is 4.79 Å². The van der Waals surface area contributed by atoms with Crippen molar-refractivity contribution in [1.29, 1.82) is 0 Å². The average molecular weight is 382 g/mol. The number of fused-ring (bicyclic) bond motifs is 1. The maximum absolute atomic E-state index is 12.6. The molecule has 0 unspecified atom stereocenters. The molecule has 2 aromatic carbocycles. The van der Waals surface area contributed by atoms with Crippen LogP contribution < -0.4 is 19.5 Å². The van der Waals surface area contributed by atoms with Crippen molar-refractivity contribution in [3.8, 4) is 17.2 Å². The first kappa shape index (κ1) is 17.4. The molecule has 0 saturated heterocycles. The lowest BCUT2D eigenvalue weighted by molar-refractivity contribution is 0.103. The molecule has 0 saturated carbocycles. The van der Waals surface area contributed by atoms with Crippen molar-refractivity contribution in [2.45, 2.75) is 20.5 Å². The summed E-state index contributed by atoms with van der Waals surface area (Å²) in [6, 6.07) is 13.1. The molecule has 1 aliphatic heterocycles. The molecule has 0 atom stereocenters. The standard InChI is InChI=1S/C20H18N2O4S/c1-12-3-6-15(7-4-12)24-10-18-21-13(2)19(27-18)20(23)22-14-5-8-16-17(9-14)26-11-25-16/h3-9H,10-11H2,1-2H3,(H,22,23). The summed E-state index contributed by atoms with van der Waals surface area (Å²) >= 11 is 1.33. The van der Waals surface area contributed by atoms with Crippen molar-refractivity contribution in [3.63, 3.8) is 0 Å². The average Bonchev–Trinajstić information content (AvgIpc) is 3.27. The minimum Gasteiger partial charge on any atom is -0.486 e. The Morgan fingerprint density at radius 2 is 1.93 bits per heavy atom. The summed E-state index contributed by atoms with van der Waals surface area (Å²) in [7, 11) is 0. The van der Waals surface area contributed by atoms with Crippen LogP contribution in [0.15, 0.2) is 42.5 Å². The molecule has 1 aromatic heterocycles. The third-order valence-corrected chi connectivity index (χ3v) is 5.19. The second kappa shape index (κ2) is 7.28. The van der Waals surface area contributed by atoms with Crippen LogP contribution in [-0.4, -0.2) is 17.7 Å². The number of hydrogen-bond acceptors (Lipinski definition) is 6. The van der Waals surface area contributed by atoms with Crippen LogP contribution in [0.4, 0.5) is 5.69 Å². The Hall–Kier alpha value is -3.06. The van der Waals surface area contributed by atoms with Crippen LogP contribution >= 0.6 is 11.3 Å². The summed E-state index contributed by atoms with van der Waals surface area (Å²) in [5.41, 5.74) is 2.50. The van der Waals surface area contributed by atoms with Gasteiger partial charge in [-0.15, -0.1) is 11.3 Å². The van der Waals surface area contributed by atoms with E-state index in [-0.39, 0.29) is 12.7 Å². The van der Waals surface area contributed by atoms with E-state index < -0.39 is 0 Å². The molecule has 2 heterocycles. The van der Waals surface area contributed by atoms with E-state index >= 15 is 0 Å². The Morgan fingerprint density at radius 1 is 1.15 bits per heavy atom. The first-order chi connectivity index (χ1) is 13.1. The molecule has 1 N–H and O–H groups in total.